The van der Waals surface area contributed by atoms with Crippen LogP contribution in [0.3, 0.4) is 0 Å². The van der Waals surface area contributed by atoms with E-state index in [4.69, 9.17) is 9.47 Å². The van der Waals surface area contributed by atoms with E-state index >= 15 is 0 Å². The molecule has 126 valence electrons. The molecule has 0 N–H and O–H groups in total. The number of likely N-dealkylation sites (tertiary alicyclic amines) is 1. The van der Waals surface area contributed by atoms with Gasteiger partial charge in [-0.1, -0.05) is 12.1 Å². The Kier molecular flexibility index (Phi) is 5.43. The molecule has 1 aliphatic rings. The number of hydrogen-bond donors (Lipinski definition) is 0. The zero-order chi connectivity index (χ0) is 16.8. The molecular weight excluding hydrogens is 304 g/mol. The largest absolute Gasteiger partial charge is 0.497 e. The second-order valence-corrected chi connectivity index (χ2v) is 5.93. The highest BCUT2D eigenvalue weighted by Gasteiger charge is 2.30. The van der Waals surface area contributed by atoms with E-state index in [2.05, 4.69) is 4.98 Å². The summed E-state index contributed by atoms with van der Waals surface area (Å²) in [6, 6.07) is 11.9. The van der Waals surface area contributed by atoms with Crippen LogP contribution in [0.15, 0.2) is 48.8 Å². The maximum atomic E-state index is 12.1. The third-order valence-corrected chi connectivity index (χ3v) is 4.29. The standard InChI is InChI=1S/C19H22N2O3/c1-23-18-5-2-16(3-6-18)13-24-14-17-4-7-19(22)21(17)12-15-8-10-20-11-9-15/h2-3,5-6,8-11,17H,4,7,12-14H2,1H3/t17-/m1/s1. The average Bonchev–Trinajstić information content (AvgIpc) is 2.97. The molecule has 1 fully saturated rings. The lowest BCUT2D eigenvalue weighted by Crippen LogP contribution is -2.35. The van der Waals surface area contributed by atoms with Gasteiger partial charge in [0.2, 0.25) is 5.91 Å². The highest BCUT2D eigenvalue weighted by atomic mass is 16.5. The zero-order valence-corrected chi connectivity index (χ0v) is 13.9. The van der Waals surface area contributed by atoms with Gasteiger partial charge in [0.1, 0.15) is 5.75 Å². The Labute approximate surface area is 142 Å². The van der Waals surface area contributed by atoms with Crippen molar-refractivity contribution in [3.8, 4) is 5.75 Å². The Morgan fingerprint density at radius 1 is 1.12 bits per heavy atom. The average molecular weight is 326 g/mol. The van der Waals surface area contributed by atoms with Crippen LogP contribution in [0.1, 0.15) is 24.0 Å². The number of nitrogens with zero attached hydrogens (tertiary/aromatic N) is 2. The fourth-order valence-corrected chi connectivity index (χ4v) is 2.90. The number of methoxy groups -OCH3 is 1. The maximum Gasteiger partial charge on any atom is 0.223 e. The second kappa shape index (κ2) is 7.93. The molecule has 1 aromatic carbocycles. The summed E-state index contributed by atoms with van der Waals surface area (Å²) in [5.74, 6) is 1.04. The van der Waals surface area contributed by atoms with Crippen molar-refractivity contribution in [3.05, 3.63) is 59.9 Å². The summed E-state index contributed by atoms with van der Waals surface area (Å²) in [5, 5.41) is 0. The van der Waals surface area contributed by atoms with E-state index in [1.54, 1.807) is 19.5 Å². The Morgan fingerprint density at radius 3 is 2.58 bits per heavy atom. The molecule has 1 atom stereocenters. The van der Waals surface area contributed by atoms with E-state index in [0.29, 0.717) is 26.2 Å². The van der Waals surface area contributed by atoms with Crippen molar-refractivity contribution in [1.82, 2.24) is 9.88 Å². The lowest BCUT2D eigenvalue weighted by Gasteiger charge is -2.24. The van der Waals surface area contributed by atoms with Gasteiger partial charge in [0.05, 0.1) is 26.4 Å². The van der Waals surface area contributed by atoms with Gasteiger partial charge in [-0.15, -0.1) is 0 Å². The monoisotopic (exact) mass is 326 g/mol. The summed E-state index contributed by atoms with van der Waals surface area (Å²) in [6.07, 6.45) is 4.96. The van der Waals surface area contributed by atoms with E-state index in [-0.39, 0.29) is 11.9 Å². The third-order valence-electron chi connectivity index (χ3n) is 4.29. The fraction of sp³-hybridized carbons (Fsp3) is 0.368. The van der Waals surface area contributed by atoms with Crippen molar-refractivity contribution in [3.63, 3.8) is 0 Å². The fourth-order valence-electron chi connectivity index (χ4n) is 2.90. The van der Waals surface area contributed by atoms with Gasteiger partial charge in [0.25, 0.3) is 0 Å². The van der Waals surface area contributed by atoms with E-state index in [0.717, 1.165) is 23.3 Å². The van der Waals surface area contributed by atoms with Gasteiger partial charge < -0.3 is 14.4 Å². The van der Waals surface area contributed by atoms with Gasteiger partial charge in [-0.2, -0.15) is 0 Å². The molecule has 0 aliphatic carbocycles. The molecule has 0 radical (unpaired) electrons. The van der Waals surface area contributed by atoms with Crippen LogP contribution >= 0.6 is 0 Å². The van der Waals surface area contributed by atoms with Crippen LogP contribution in [0.5, 0.6) is 5.75 Å². The molecule has 0 unspecified atom stereocenters. The van der Waals surface area contributed by atoms with Crippen molar-refractivity contribution in [2.75, 3.05) is 13.7 Å². The molecule has 2 aromatic rings. The lowest BCUT2D eigenvalue weighted by atomic mass is 10.2. The highest BCUT2D eigenvalue weighted by molar-refractivity contribution is 5.78. The van der Waals surface area contributed by atoms with Gasteiger partial charge in [-0.3, -0.25) is 9.78 Å². The number of ether oxygens (including phenoxy) is 2. The van der Waals surface area contributed by atoms with Crippen LogP contribution in [0.4, 0.5) is 0 Å². The molecule has 5 heteroatoms. The number of amides is 1. The zero-order valence-electron chi connectivity index (χ0n) is 13.9. The number of carbonyl (C=O) groups excluding carboxylic acids is 1. The predicted molar refractivity (Wildman–Crippen MR) is 90.5 cm³/mol. The van der Waals surface area contributed by atoms with Crippen molar-refractivity contribution in [2.24, 2.45) is 0 Å². The van der Waals surface area contributed by atoms with Crippen molar-refractivity contribution in [2.45, 2.75) is 32.0 Å². The van der Waals surface area contributed by atoms with E-state index < -0.39 is 0 Å². The number of benzene rings is 1. The van der Waals surface area contributed by atoms with Crippen molar-refractivity contribution >= 4 is 5.91 Å². The molecular formula is C19H22N2O3. The molecule has 24 heavy (non-hydrogen) atoms. The summed E-state index contributed by atoms with van der Waals surface area (Å²) in [5.41, 5.74) is 2.20. The number of aromatic nitrogens is 1. The minimum atomic E-state index is 0.143. The summed E-state index contributed by atoms with van der Waals surface area (Å²) < 4.78 is 11.0. The summed E-state index contributed by atoms with van der Waals surface area (Å²) >= 11 is 0. The minimum Gasteiger partial charge on any atom is -0.497 e. The first-order valence-electron chi connectivity index (χ1n) is 8.15. The number of pyridine rings is 1. The van der Waals surface area contributed by atoms with Gasteiger partial charge in [-0.25, -0.2) is 0 Å². The summed E-state index contributed by atoms with van der Waals surface area (Å²) in [7, 11) is 1.65. The Balaban J connectivity index is 1.52. The molecule has 3 rings (SSSR count). The molecule has 5 nitrogen and oxygen atoms in total. The number of hydrogen-bond acceptors (Lipinski definition) is 4. The minimum absolute atomic E-state index is 0.143. The predicted octanol–water partition coefficient (Wildman–Crippen LogP) is 2.80. The Morgan fingerprint density at radius 2 is 1.88 bits per heavy atom. The highest BCUT2D eigenvalue weighted by Crippen LogP contribution is 2.22. The van der Waals surface area contributed by atoms with E-state index in [9.17, 15) is 4.79 Å². The normalized spacial score (nSPS) is 17.3. The Hall–Kier alpha value is -2.40. The lowest BCUT2D eigenvalue weighted by molar-refractivity contribution is -0.130. The van der Waals surface area contributed by atoms with E-state index in [1.807, 2.05) is 41.3 Å². The van der Waals surface area contributed by atoms with Crippen molar-refractivity contribution < 1.29 is 14.3 Å². The van der Waals surface area contributed by atoms with Crippen LogP contribution in [0.2, 0.25) is 0 Å². The molecule has 2 heterocycles. The van der Waals surface area contributed by atoms with Crippen LogP contribution in [-0.4, -0.2) is 35.5 Å². The van der Waals surface area contributed by atoms with Crippen LogP contribution in [-0.2, 0) is 22.7 Å². The number of rotatable bonds is 7. The first-order valence-corrected chi connectivity index (χ1v) is 8.15. The van der Waals surface area contributed by atoms with Gasteiger partial charge in [0.15, 0.2) is 0 Å². The van der Waals surface area contributed by atoms with Gasteiger partial charge in [-0.05, 0) is 41.8 Å². The molecule has 0 bridgehead atoms. The van der Waals surface area contributed by atoms with Crippen molar-refractivity contribution in [1.29, 1.82) is 0 Å². The third kappa shape index (κ3) is 4.11. The second-order valence-electron chi connectivity index (χ2n) is 5.93. The van der Waals surface area contributed by atoms with Gasteiger partial charge in [0, 0.05) is 25.4 Å². The molecule has 0 spiro atoms. The summed E-state index contributed by atoms with van der Waals surface area (Å²) in [6.45, 7) is 1.72. The van der Waals surface area contributed by atoms with Crippen LogP contribution in [0, 0.1) is 0 Å². The topological polar surface area (TPSA) is 51.7 Å². The molecule has 1 aliphatic heterocycles. The first kappa shape index (κ1) is 16.5. The van der Waals surface area contributed by atoms with Gasteiger partial charge >= 0.3 is 0 Å². The van der Waals surface area contributed by atoms with E-state index in [1.165, 1.54) is 0 Å². The molecule has 0 saturated carbocycles. The molecule has 1 aromatic heterocycles. The number of carbonyl (C=O) groups is 1. The first-order chi connectivity index (χ1) is 11.8. The van der Waals surface area contributed by atoms with Crippen LogP contribution < -0.4 is 4.74 Å². The molecule has 1 amide bonds. The summed E-state index contributed by atoms with van der Waals surface area (Å²) in [4.78, 5) is 18.1. The SMILES string of the molecule is COc1ccc(COC[C@H]2CCC(=O)N2Cc2ccncc2)cc1. The van der Waals surface area contributed by atoms with Crippen LogP contribution in [0.25, 0.3) is 0 Å². The molecule has 1 saturated heterocycles. The quantitative estimate of drug-likeness (QED) is 0.785. The Bertz CT molecular complexity index is 658. The smallest absolute Gasteiger partial charge is 0.223 e. The maximum absolute atomic E-state index is 12.1.